The summed E-state index contributed by atoms with van der Waals surface area (Å²) in [5, 5.41) is 4.01. The van der Waals surface area contributed by atoms with Gasteiger partial charge in [0.25, 0.3) is 0 Å². The van der Waals surface area contributed by atoms with Gasteiger partial charge in [-0.3, -0.25) is 0 Å². The van der Waals surface area contributed by atoms with Gasteiger partial charge in [-0.25, -0.2) is 13.1 Å². The molecule has 0 spiro atoms. The Balaban J connectivity index is 1.91. The summed E-state index contributed by atoms with van der Waals surface area (Å²) >= 11 is 6.27. The Morgan fingerprint density at radius 3 is 2.70 bits per heavy atom. The summed E-state index contributed by atoms with van der Waals surface area (Å²) in [6.07, 6.45) is 5.51. The molecule has 0 unspecified atom stereocenters. The first kappa shape index (κ1) is 16.5. The molecule has 3 rings (SSSR count). The molecule has 0 bridgehead atoms. The van der Waals surface area contributed by atoms with Crippen molar-refractivity contribution in [2.75, 3.05) is 7.11 Å². The highest BCUT2D eigenvalue weighted by atomic mass is 35.5. The van der Waals surface area contributed by atoms with E-state index in [-0.39, 0.29) is 16.0 Å². The number of ether oxygens (including phenoxy) is 1. The van der Waals surface area contributed by atoms with Crippen molar-refractivity contribution in [3.8, 4) is 5.69 Å². The largest absolute Gasteiger partial charge is 0.381 e. The van der Waals surface area contributed by atoms with Gasteiger partial charge in [-0.15, -0.1) is 0 Å². The van der Waals surface area contributed by atoms with Crippen LogP contribution in [0.4, 0.5) is 0 Å². The predicted molar refractivity (Wildman–Crippen MR) is 88.9 cm³/mol. The standard InChI is InChI=1S/C16H19ClN2O3S/c1-11-9-18-19(10-11)12-3-6-16(15(17)7-12)23(20,21)14-5-4-13(8-14)22-2/h3,6-7,9-10,13-14H,4-5,8H2,1-2H3/t13-,14-/m1/s1. The van der Waals surface area contributed by atoms with Crippen LogP contribution >= 0.6 is 11.6 Å². The maximum absolute atomic E-state index is 12.8. The van der Waals surface area contributed by atoms with Crippen LogP contribution in [0, 0.1) is 6.92 Å². The van der Waals surface area contributed by atoms with Gasteiger partial charge in [0.15, 0.2) is 9.84 Å². The lowest BCUT2D eigenvalue weighted by Gasteiger charge is -2.14. The zero-order valence-electron chi connectivity index (χ0n) is 13.1. The smallest absolute Gasteiger partial charge is 0.182 e. The fourth-order valence-electron chi connectivity index (χ4n) is 2.99. The topological polar surface area (TPSA) is 61.2 Å². The minimum absolute atomic E-state index is 0.0138. The number of rotatable bonds is 4. The highest BCUT2D eigenvalue weighted by Crippen LogP contribution is 2.34. The van der Waals surface area contributed by atoms with Crippen LogP contribution in [0.2, 0.25) is 5.02 Å². The number of aromatic nitrogens is 2. The Bertz CT molecular complexity index is 816. The van der Waals surface area contributed by atoms with Crippen molar-refractivity contribution in [3.05, 3.63) is 41.2 Å². The van der Waals surface area contributed by atoms with Crippen LogP contribution in [0.25, 0.3) is 5.69 Å². The lowest BCUT2D eigenvalue weighted by Crippen LogP contribution is -2.20. The predicted octanol–water partition coefficient (Wildman–Crippen LogP) is 3.18. The first-order chi connectivity index (χ1) is 10.9. The molecule has 1 heterocycles. The molecular weight excluding hydrogens is 336 g/mol. The second kappa shape index (κ2) is 6.26. The molecule has 1 aliphatic rings. The Morgan fingerprint density at radius 1 is 1.35 bits per heavy atom. The number of nitrogens with zero attached hydrogens (tertiary/aromatic N) is 2. The number of methoxy groups -OCH3 is 1. The molecule has 124 valence electrons. The average molecular weight is 355 g/mol. The van der Waals surface area contributed by atoms with Gasteiger partial charge in [0.2, 0.25) is 0 Å². The van der Waals surface area contributed by atoms with Crippen LogP contribution in [-0.2, 0) is 14.6 Å². The molecule has 7 heteroatoms. The molecule has 1 fully saturated rings. The van der Waals surface area contributed by atoms with Gasteiger partial charge in [-0.1, -0.05) is 11.6 Å². The summed E-state index contributed by atoms with van der Waals surface area (Å²) < 4.78 is 32.6. The van der Waals surface area contributed by atoms with Crippen molar-refractivity contribution >= 4 is 21.4 Å². The summed E-state index contributed by atoms with van der Waals surface area (Å²) in [4.78, 5) is 0.188. The van der Waals surface area contributed by atoms with E-state index < -0.39 is 15.1 Å². The van der Waals surface area contributed by atoms with Gasteiger partial charge in [0.05, 0.1) is 33.2 Å². The fourth-order valence-corrected chi connectivity index (χ4v) is 5.35. The van der Waals surface area contributed by atoms with Crippen molar-refractivity contribution in [3.63, 3.8) is 0 Å². The monoisotopic (exact) mass is 354 g/mol. The third-order valence-corrected chi connectivity index (χ3v) is 7.01. The number of hydrogen-bond donors (Lipinski definition) is 0. The van der Waals surface area contributed by atoms with Crippen LogP contribution in [-0.4, -0.2) is 36.7 Å². The lowest BCUT2D eigenvalue weighted by molar-refractivity contribution is 0.109. The quantitative estimate of drug-likeness (QED) is 0.846. The number of hydrogen-bond acceptors (Lipinski definition) is 4. The van der Waals surface area contributed by atoms with Crippen molar-refractivity contribution in [2.45, 2.75) is 42.4 Å². The third-order valence-electron chi connectivity index (χ3n) is 4.31. The summed E-state index contributed by atoms with van der Waals surface area (Å²) in [5.41, 5.74) is 1.76. The first-order valence-electron chi connectivity index (χ1n) is 7.49. The van der Waals surface area contributed by atoms with E-state index in [9.17, 15) is 8.42 Å². The van der Waals surface area contributed by atoms with E-state index in [0.29, 0.717) is 12.8 Å². The van der Waals surface area contributed by atoms with E-state index in [1.807, 2.05) is 13.1 Å². The van der Waals surface area contributed by atoms with Gasteiger partial charge in [-0.05, 0) is 49.9 Å². The molecular formula is C16H19ClN2O3S. The van der Waals surface area contributed by atoms with Gasteiger partial charge < -0.3 is 4.74 Å². The number of sulfone groups is 1. The molecule has 2 atom stereocenters. The van der Waals surface area contributed by atoms with E-state index >= 15 is 0 Å². The van der Waals surface area contributed by atoms with Crippen molar-refractivity contribution in [2.24, 2.45) is 0 Å². The molecule has 23 heavy (non-hydrogen) atoms. The number of benzene rings is 1. The van der Waals surface area contributed by atoms with Gasteiger partial charge in [0, 0.05) is 13.3 Å². The van der Waals surface area contributed by atoms with Crippen LogP contribution in [0.5, 0.6) is 0 Å². The summed E-state index contributed by atoms with van der Waals surface area (Å²) in [5.74, 6) is 0. The Morgan fingerprint density at radius 2 is 2.13 bits per heavy atom. The van der Waals surface area contributed by atoms with Crippen molar-refractivity contribution in [1.82, 2.24) is 9.78 Å². The van der Waals surface area contributed by atoms with Gasteiger partial charge >= 0.3 is 0 Å². The number of aryl methyl sites for hydroxylation is 1. The molecule has 1 aromatic carbocycles. The van der Waals surface area contributed by atoms with E-state index in [4.69, 9.17) is 16.3 Å². The van der Waals surface area contributed by atoms with Crippen LogP contribution in [0.15, 0.2) is 35.5 Å². The lowest BCUT2D eigenvalue weighted by atomic mass is 10.3. The summed E-state index contributed by atoms with van der Waals surface area (Å²) in [7, 11) is -1.83. The SMILES string of the molecule is CO[C@@H]1CC[C@@H](S(=O)(=O)c2ccc(-n3cc(C)cn3)cc2Cl)C1. The molecule has 0 radical (unpaired) electrons. The molecule has 0 N–H and O–H groups in total. The maximum atomic E-state index is 12.8. The maximum Gasteiger partial charge on any atom is 0.182 e. The molecule has 1 aliphatic carbocycles. The second-order valence-corrected chi connectivity index (χ2v) is 8.52. The zero-order valence-corrected chi connectivity index (χ0v) is 14.6. The minimum atomic E-state index is -3.45. The fraction of sp³-hybridized carbons (Fsp3) is 0.438. The Hall–Kier alpha value is -1.37. The first-order valence-corrected chi connectivity index (χ1v) is 9.42. The average Bonchev–Trinajstić information content (AvgIpc) is 3.15. The molecule has 1 aromatic heterocycles. The highest BCUT2D eigenvalue weighted by Gasteiger charge is 2.36. The zero-order chi connectivity index (χ0) is 16.6. The molecule has 0 aliphatic heterocycles. The van der Waals surface area contributed by atoms with Gasteiger partial charge in [-0.2, -0.15) is 5.10 Å². The summed E-state index contributed by atoms with van der Waals surface area (Å²) in [6.45, 7) is 1.94. The Labute approximate surface area is 141 Å². The van der Waals surface area contributed by atoms with Crippen molar-refractivity contribution in [1.29, 1.82) is 0 Å². The molecule has 1 saturated carbocycles. The van der Waals surface area contributed by atoms with Crippen LogP contribution < -0.4 is 0 Å². The van der Waals surface area contributed by atoms with Gasteiger partial charge in [0.1, 0.15) is 0 Å². The van der Waals surface area contributed by atoms with Crippen molar-refractivity contribution < 1.29 is 13.2 Å². The Kier molecular flexibility index (Phi) is 4.49. The van der Waals surface area contributed by atoms with E-state index in [2.05, 4.69) is 5.10 Å². The number of halogens is 1. The second-order valence-electron chi connectivity index (χ2n) is 5.91. The van der Waals surface area contributed by atoms with Crippen LogP contribution in [0.1, 0.15) is 24.8 Å². The third kappa shape index (κ3) is 3.16. The normalized spacial score (nSPS) is 21.7. The molecule has 2 aromatic rings. The van der Waals surface area contributed by atoms with E-state index in [1.165, 1.54) is 0 Å². The molecule has 0 saturated heterocycles. The highest BCUT2D eigenvalue weighted by molar-refractivity contribution is 7.92. The minimum Gasteiger partial charge on any atom is -0.381 e. The van der Waals surface area contributed by atoms with E-state index in [0.717, 1.165) is 17.7 Å². The molecule has 5 nitrogen and oxygen atoms in total. The molecule has 0 amide bonds. The summed E-state index contributed by atoms with van der Waals surface area (Å²) in [6, 6.07) is 4.95. The van der Waals surface area contributed by atoms with E-state index in [1.54, 1.807) is 36.2 Å². The van der Waals surface area contributed by atoms with Crippen LogP contribution in [0.3, 0.4) is 0 Å².